The van der Waals surface area contributed by atoms with Crippen molar-refractivity contribution in [2.24, 2.45) is 10.9 Å². The standard InChI is InChI=1S/C14H15N3O3/c1-9-5-6-12(13(15)16-20)14(19)17(9)8-10-3-2-4-11(18)7-10/h2-7,18,20H,8H2,1H3,(H2,15,16). The van der Waals surface area contributed by atoms with Crippen molar-refractivity contribution in [2.75, 3.05) is 0 Å². The number of amidine groups is 1. The predicted molar refractivity (Wildman–Crippen MR) is 75.2 cm³/mol. The van der Waals surface area contributed by atoms with Crippen LogP contribution in [0.4, 0.5) is 0 Å². The van der Waals surface area contributed by atoms with Crippen molar-refractivity contribution in [3.8, 4) is 5.75 Å². The number of phenolic OH excluding ortho intramolecular Hbond substituents is 1. The average Bonchev–Trinajstić information content (AvgIpc) is 2.43. The lowest BCUT2D eigenvalue weighted by atomic mass is 10.2. The number of nitrogens with two attached hydrogens (primary N) is 1. The van der Waals surface area contributed by atoms with E-state index in [1.165, 1.54) is 10.6 Å². The summed E-state index contributed by atoms with van der Waals surface area (Å²) in [6, 6.07) is 9.90. The molecular formula is C14H15N3O3. The third kappa shape index (κ3) is 2.64. The molecule has 104 valence electrons. The van der Waals surface area contributed by atoms with E-state index in [0.29, 0.717) is 6.54 Å². The molecule has 2 rings (SSSR count). The Hall–Kier alpha value is -2.76. The molecule has 0 saturated carbocycles. The first-order valence-electron chi connectivity index (χ1n) is 5.99. The fourth-order valence-corrected chi connectivity index (χ4v) is 1.95. The molecule has 0 saturated heterocycles. The smallest absolute Gasteiger partial charge is 0.262 e. The lowest BCUT2D eigenvalue weighted by Crippen LogP contribution is -2.31. The summed E-state index contributed by atoms with van der Waals surface area (Å²) in [5.74, 6) is -0.0829. The zero-order valence-corrected chi connectivity index (χ0v) is 10.9. The van der Waals surface area contributed by atoms with Crippen LogP contribution in [-0.4, -0.2) is 20.7 Å². The fourth-order valence-electron chi connectivity index (χ4n) is 1.95. The number of hydrogen-bond donors (Lipinski definition) is 3. The van der Waals surface area contributed by atoms with Gasteiger partial charge in [0.2, 0.25) is 0 Å². The molecule has 1 aromatic carbocycles. The van der Waals surface area contributed by atoms with Gasteiger partial charge in [0.05, 0.1) is 12.1 Å². The zero-order chi connectivity index (χ0) is 14.7. The summed E-state index contributed by atoms with van der Waals surface area (Å²) in [5.41, 5.74) is 6.80. The molecule has 4 N–H and O–H groups in total. The van der Waals surface area contributed by atoms with E-state index in [1.54, 1.807) is 31.2 Å². The highest BCUT2D eigenvalue weighted by molar-refractivity contribution is 5.96. The first-order chi connectivity index (χ1) is 9.52. The second-order valence-electron chi connectivity index (χ2n) is 4.43. The van der Waals surface area contributed by atoms with Gasteiger partial charge in [0, 0.05) is 5.69 Å². The minimum absolute atomic E-state index is 0.137. The minimum Gasteiger partial charge on any atom is -0.508 e. The van der Waals surface area contributed by atoms with Gasteiger partial charge in [-0.3, -0.25) is 4.79 Å². The maximum absolute atomic E-state index is 12.3. The summed E-state index contributed by atoms with van der Waals surface area (Å²) in [6.45, 7) is 2.09. The number of benzene rings is 1. The Kier molecular flexibility index (Phi) is 3.74. The Bertz CT molecular complexity index is 720. The Morgan fingerprint density at radius 2 is 2.10 bits per heavy atom. The van der Waals surface area contributed by atoms with Gasteiger partial charge in [-0.2, -0.15) is 0 Å². The molecule has 2 aromatic rings. The first-order valence-corrected chi connectivity index (χ1v) is 5.99. The van der Waals surface area contributed by atoms with Crippen molar-refractivity contribution in [1.82, 2.24) is 4.57 Å². The second-order valence-corrected chi connectivity index (χ2v) is 4.43. The Morgan fingerprint density at radius 1 is 1.35 bits per heavy atom. The quantitative estimate of drug-likeness (QED) is 0.336. The number of rotatable bonds is 3. The topological polar surface area (TPSA) is 101 Å². The van der Waals surface area contributed by atoms with Crippen molar-refractivity contribution in [3.05, 3.63) is 63.6 Å². The molecule has 0 spiro atoms. The lowest BCUT2D eigenvalue weighted by Gasteiger charge is -2.12. The van der Waals surface area contributed by atoms with Crippen LogP contribution in [0.1, 0.15) is 16.8 Å². The third-order valence-corrected chi connectivity index (χ3v) is 3.03. The number of aryl methyl sites for hydroxylation is 1. The molecular weight excluding hydrogens is 258 g/mol. The lowest BCUT2D eigenvalue weighted by molar-refractivity contribution is 0.318. The minimum atomic E-state index is -0.344. The van der Waals surface area contributed by atoms with Gasteiger partial charge >= 0.3 is 0 Å². The summed E-state index contributed by atoms with van der Waals surface area (Å²) in [7, 11) is 0. The summed E-state index contributed by atoms with van der Waals surface area (Å²) in [4.78, 5) is 12.3. The average molecular weight is 273 g/mol. The van der Waals surface area contributed by atoms with Gasteiger partial charge in [-0.05, 0) is 36.8 Å². The molecule has 0 aliphatic carbocycles. The van der Waals surface area contributed by atoms with E-state index in [0.717, 1.165) is 11.3 Å². The number of pyridine rings is 1. The Labute approximate surface area is 115 Å². The van der Waals surface area contributed by atoms with Crippen molar-refractivity contribution in [1.29, 1.82) is 0 Å². The normalized spacial score (nSPS) is 11.6. The maximum atomic E-state index is 12.3. The van der Waals surface area contributed by atoms with Crippen molar-refractivity contribution in [2.45, 2.75) is 13.5 Å². The maximum Gasteiger partial charge on any atom is 0.262 e. The van der Waals surface area contributed by atoms with Crippen LogP contribution in [0.25, 0.3) is 0 Å². The van der Waals surface area contributed by atoms with Crippen LogP contribution in [0.2, 0.25) is 0 Å². The molecule has 0 atom stereocenters. The van der Waals surface area contributed by atoms with Gasteiger partial charge < -0.3 is 20.6 Å². The number of aromatic hydroxyl groups is 1. The molecule has 1 aromatic heterocycles. The Balaban J connectivity index is 2.49. The first kappa shape index (κ1) is 13.7. The van der Waals surface area contributed by atoms with Crippen LogP contribution >= 0.6 is 0 Å². The molecule has 0 fully saturated rings. The molecule has 0 radical (unpaired) electrons. The SMILES string of the molecule is Cc1ccc(/C(N)=N/O)c(=O)n1Cc1cccc(O)c1. The number of nitrogens with zero attached hydrogens (tertiary/aromatic N) is 2. The second kappa shape index (κ2) is 5.48. The molecule has 6 nitrogen and oxygen atoms in total. The largest absolute Gasteiger partial charge is 0.508 e. The number of aromatic nitrogens is 1. The molecule has 0 aliphatic heterocycles. The molecule has 0 amide bonds. The van der Waals surface area contributed by atoms with Crippen LogP contribution in [0.5, 0.6) is 5.75 Å². The van der Waals surface area contributed by atoms with E-state index in [-0.39, 0.29) is 22.7 Å². The van der Waals surface area contributed by atoms with E-state index in [4.69, 9.17) is 10.9 Å². The molecule has 0 unspecified atom stereocenters. The fraction of sp³-hybridized carbons (Fsp3) is 0.143. The summed E-state index contributed by atoms with van der Waals surface area (Å²) in [6.07, 6.45) is 0. The molecule has 6 heteroatoms. The van der Waals surface area contributed by atoms with Gasteiger partial charge in [-0.1, -0.05) is 17.3 Å². The number of hydrogen-bond acceptors (Lipinski definition) is 4. The van der Waals surface area contributed by atoms with Gasteiger partial charge in [0.25, 0.3) is 5.56 Å². The molecule has 20 heavy (non-hydrogen) atoms. The van der Waals surface area contributed by atoms with Crippen LogP contribution < -0.4 is 11.3 Å². The van der Waals surface area contributed by atoms with Crippen molar-refractivity contribution in [3.63, 3.8) is 0 Å². The van der Waals surface area contributed by atoms with Gasteiger partial charge in [-0.15, -0.1) is 0 Å². The van der Waals surface area contributed by atoms with E-state index < -0.39 is 0 Å². The van der Waals surface area contributed by atoms with E-state index in [1.807, 2.05) is 6.07 Å². The van der Waals surface area contributed by atoms with Gasteiger partial charge in [0.15, 0.2) is 5.84 Å². The van der Waals surface area contributed by atoms with E-state index >= 15 is 0 Å². The van der Waals surface area contributed by atoms with Crippen molar-refractivity contribution < 1.29 is 10.3 Å². The Morgan fingerprint density at radius 3 is 2.75 bits per heavy atom. The van der Waals surface area contributed by atoms with Crippen LogP contribution in [0, 0.1) is 6.92 Å². The predicted octanol–water partition coefficient (Wildman–Crippen LogP) is 1.01. The molecule has 1 heterocycles. The summed E-state index contributed by atoms with van der Waals surface area (Å²) < 4.78 is 1.50. The highest BCUT2D eigenvalue weighted by Crippen LogP contribution is 2.12. The third-order valence-electron chi connectivity index (χ3n) is 3.03. The number of phenols is 1. The highest BCUT2D eigenvalue weighted by atomic mass is 16.4. The van der Waals surface area contributed by atoms with Crippen molar-refractivity contribution >= 4 is 5.84 Å². The summed E-state index contributed by atoms with van der Waals surface area (Å²) in [5, 5.41) is 21.0. The van der Waals surface area contributed by atoms with Gasteiger partial charge in [-0.25, -0.2) is 0 Å². The number of oxime groups is 1. The van der Waals surface area contributed by atoms with E-state index in [2.05, 4.69) is 5.16 Å². The van der Waals surface area contributed by atoms with Crippen LogP contribution in [0.3, 0.4) is 0 Å². The molecule has 0 bridgehead atoms. The highest BCUT2D eigenvalue weighted by Gasteiger charge is 2.10. The van der Waals surface area contributed by atoms with Gasteiger partial charge in [0.1, 0.15) is 5.75 Å². The molecule has 0 aliphatic rings. The summed E-state index contributed by atoms with van der Waals surface area (Å²) >= 11 is 0. The zero-order valence-electron chi connectivity index (χ0n) is 10.9. The van der Waals surface area contributed by atoms with E-state index in [9.17, 15) is 9.90 Å². The van der Waals surface area contributed by atoms with Crippen LogP contribution in [0.15, 0.2) is 46.3 Å². The monoisotopic (exact) mass is 273 g/mol. The van der Waals surface area contributed by atoms with Crippen LogP contribution in [-0.2, 0) is 6.54 Å².